The third kappa shape index (κ3) is 4.86. The Labute approximate surface area is 126 Å². The van der Waals surface area contributed by atoms with E-state index in [0.717, 1.165) is 0 Å². The van der Waals surface area contributed by atoms with Crippen molar-refractivity contribution in [3.05, 3.63) is 29.3 Å². The number of benzene rings is 1. The molecule has 1 N–H and O–H groups in total. The Morgan fingerprint density at radius 1 is 1.09 bits per heavy atom. The maximum Gasteiger partial charge on any atom is 0.416 e. The van der Waals surface area contributed by atoms with Crippen LogP contribution in [0.3, 0.4) is 0 Å². The first kappa shape index (κ1) is 18.2. The van der Waals surface area contributed by atoms with E-state index in [1.807, 2.05) is 5.32 Å². The highest BCUT2D eigenvalue weighted by molar-refractivity contribution is 7.82. The molecule has 3 nitrogen and oxygen atoms in total. The summed E-state index contributed by atoms with van der Waals surface area (Å²) in [5.41, 5.74) is -3.65. The van der Waals surface area contributed by atoms with E-state index in [1.54, 1.807) is 0 Å². The summed E-state index contributed by atoms with van der Waals surface area (Å²) in [5.74, 6) is -1.05. The third-order valence-corrected chi connectivity index (χ3v) is 2.58. The van der Waals surface area contributed by atoms with Crippen LogP contribution in [0.1, 0.15) is 18.1 Å². The fourth-order valence-corrected chi connectivity index (χ4v) is 1.58. The van der Waals surface area contributed by atoms with E-state index >= 15 is 0 Å². The van der Waals surface area contributed by atoms with Gasteiger partial charge in [0.15, 0.2) is 4.99 Å². The molecule has 0 fully saturated rings. The molecule has 1 aromatic carbocycles. The molecular formula is C12H9F6NO2S. The molecule has 0 aliphatic carbocycles. The van der Waals surface area contributed by atoms with Gasteiger partial charge >= 0.3 is 18.3 Å². The number of anilines is 1. The quantitative estimate of drug-likeness (QED) is 0.499. The fourth-order valence-electron chi connectivity index (χ4n) is 1.41. The minimum absolute atomic E-state index is 0.0292. The molecule has 0 aliphatic rings. The maximum atomic E-state index is 12.6. The Balaban J connectivity index is 3.19. The van der Waals surface area contributed by atoms with E-state index in [1.165, 1.54) is 6.92 Å². The fraction of sp³-hybridized carbons (Fsp3) is 0.333. The smallest absolute Gasteiger partial charge is 0.416 e. The number of nitrogens with one attached hydrogen (secondary N) is 1. The number of carbonyl (C=O) groups is 1. The van der Waals surface area contributed by atoms with E-state index in [2.05, 4.69) is 17.0 Å². The third-order valence-electron chi connectivity index (χ3n) is 2.31. The molecule has 10 heteroatoms. The summed E-state index contributed by atoms with van der Waals surface area (Å²) in [6.45, 7) is 1.42. The van der Waals surface area contributed by atoms with Crippen LogP contribution in [0.15, 0.2) is 18.2 Å². The topological polar surface area (TPSA) is 38.3 Å². The van der Waals surface area contributed by atoms with Gasteiger partial charge in [-0.3, -0.25) is 0 Å². The second kappa shape index (κ2) is 6.51. The van der Waals surface area contributed by atoms with E-state index < -0.39 is 40.1 Å². The second-order valence-electron chi connectivity index (χ2n) is 3.97. The molecule has 0 aromatic heterocycles. The van der Waals surface area contributed by atoms with Crippen LogP contribution in [0.2, 0.25) is 0 Å². The van der Waals surface area contributed by atoms with Crippen LogP contribution in [-0.4, -0.2) is 17.6 Å². The van der Waals surface area contributed by atoms with Crippen molar-refractivity contribution in [3.63, 3.8) is 0 Å². The van der Waals surface area contributed by atoms with Crippen molar-refractivity contribution in [3.8, 4) is 0 Å². The van der Waals surface area contributed by atoms with Crippen molar-refractivity contribution in [1.82, 2.24) is 0 Å². The van der Waals surface area contributed by atoms with Crippen molar-refractivity contribution in [2.24, 2.45) is 0 Å². The highest BCUT2D eigenvalue weighted by Crippen LogP contribution is 2.37. The zero-order valence-corrected chi connectivity index (χ0v) is 11.7. The molecule has 0 saturated heterocycles. The van der Waals surface area contributed by atoms with Crippen LogP contribution < -0.4 is 5.32 Å². The number of thiocarbonyl (C=S) groups is 1. The normalized spacial score (nSPS) is 12.0. The summed E-state index contributed by atoms with van der Waals surface area (Å²) >= 11 is 4.55. The van der Waals surface area contributed by atoms with Crippen molar-refractivity contribution in [2.45, 2.75) is 19.3 Å². The average Bonchev–Trinajstić information content (AvgIpc) is 2.36. The van der Waals surface area contributed by atoms with Gasteiger partial charge in [-0.2, -0.15) is 26.3 Å². The van der Waals surface area contributed by atoms with Crippen LogP contribution in [0.4, 0.5) is 32.0 Å². The van der Waals surface area contributed by atoms with Gasteiger partial charge in [-0.15, -0.1) is 0 Å². The predicted octanol–water partition coefficient (Wildman–Crippen LogP) is 4.03. The summed E-state index contributed by atoms with van der Waals surface area (Å²) in [5, 5.41) is 2.01. The van der Waals surface area contributed by atoms with Crippen LogP contribution in [-0.2, 0) is 21.9 Å². The van der Waals surface area contributed by atoms with Crippen molar-refractivity contribution >= 4 is 28.9 Å². The van der Waals surface area contributed by atoms with Gasteiger partial charge in [-0.1, -0.05) is 12.2 Å². The molecule has 0 unspecified atom stereocenters. The van der Waals surface area contributed by atoms with Gasteiger partial charge in [0, 0.05) is 5.69 Å². The molecule has 0 heterocycles. The number of carbonyl (C=O) groups excluding carboxylic acids is 1. The summed E-state index contributed by atoms with van der Waals surface area (Å²) in [4.78, 5) is 10.6. The molecule has 122 valence electrons. The Bertz CT molecular complexity index is 550. The number of ether oxygens (including phenoxy) is 1. The Kier molecular flexibility index (Phi) is 5.39. The lowest BCUT2D eigenvalue weighted by molar-refractivity contribution is -0.143. The molecule has 0 amide bonds. The summed E-state index contributed by atoms with van der Waals surface area (Å²) in [6, 6.07) is 0.806. The number of alkyl halides is 6. The zero-order chi connectivity index (χ0) is 17.1. The minimum atomic E-state index is -4.98. The molecule has 0 aliphatic heterocycles. The number of esters is 1. The first-order valence-corrected chi connectivity index (χ1v) is 6.13. The number of hydrogen-bond acceptors (Lipinski definition) is 3. The second-order valence-corrected chi connectivity index (χ2v) is 4.38. The van der Waals surface area contributed by atoms with E-state index in [9.17, 15) is 31.1 Å². The van der Waals surface area contributed by atoms with Gasteiger partial charge in [-0.05, 0) is 25.1 Å². The SMILES string of the molecule is CCOC(=O)C(=S)Nc1cc(C(F)(F)F)cc(C(F)(F)F)c1. The standard InChI is InChI=1S/C12H9F6NO2S/c1-2-21-10(20)9(22)19-8-4-6(11(13,14)15)3-7(5-8)12(16,17)18/h3-5H,2H2,1H3,(H,19,22). The lowest BCUT2D eigenvalue weighted by Gasteiger charge is -2.15. The predicted molar refractivity (Wildman–Crippen MR) is 69.3 cm³/mol. The highest BCUT2D eigenvalue weighted by atomic mass is 32.1. The number of halogens is 6. The molecule has 0 saturated carbocycles. The lowest BCUT2D eigenvalue weighted by atomic mass is 10.1. The molecule has 0 spiro atoms. The number of rotatable bonds is 2. The Morgan fingerprint density at radius 2 is 1.55 bits per heavy atom. The summed E-state index contributed by atoms with van der Waals surface area (Å²) < 4.78 is 80.3. The molecule has 0 bridgehead atoms. The molecular weight excluding hydrogens is 336 g/mol. The van der Waals surface area contributed by atoms with Crippen molar-refractivity contribution in [2.75, 3.05) is 11.9 Å². The van der Waals surface area contributed by atoms with Crippen LogP contribution in [0.25, 0.3) is 0 Å². The van der Waals surface area contributed by atoms with Crippen molar-refractivity contribution in [1.29, 1.82) is 0 Å². The van der Waals surface area contributed by atoms with E-state index in [0.29, 0.717) is 12.1 Å². The van der Waals surface area contributed by atoms with Crippen LogP contribution >= 0.6 is 12.2 Å². The van der Waals surface area contributed by atoms with Crippen molar-refractivity contribution < 1.29 is 35.9 Å². The van der Waals surface area contributed by atoms with Gasteiger partial charge in [0.1, 0.15) is 0 Å². The first-order chi connectivity index (χ1) is 9.95. The summed E-state index contributed by atoms with van der Waals surface area (Å²) in [7, 11) is 0. The highest BCUT2D eigenvalue weighted by Gasteiger charge is 2.37. The largest absolute Gasteiger partial charge is 0.461 e. The minimum Gasteiger partial charge on any atom is -0.461 e. The van der Waals surface area contributed by atoms with Gasteiger partial charge in [0.2, 0.25) is 0 Å². The van der Waals surface area contributed by atoms with Gasteiger partial charge in [0.05, 0.1) is 17.7 Å². The maximum absolute atomic E-state index is 12.6. The Hall–Kier alpha value is -1.84. The van der Waals surface area contributed by atoms with Crippen LogP contribution in [0, 0.1) is 0 Å². The summed E-state index contributed by atoms with van der Waals surface area (Å²) in [6.07, 6.45) is -9.97. The lowest BCUT2D eigenvalue weighted by Crippen LogP contribution is -2.23. The molecule has 0 radical (unpaired) electrons. The van der Waals surface area contributed by atoms with Gasteiger partial charge in [-0.25, -0.2) is 4.79 Å². The first-order valence-electron chi connectivity index (χ1n) is 5.72. The molecule has 1 aromatic rings. The van der Waals surface area contributed by atoms with E-state index in [4.69, 9.17) is 0 Å². The average molecular weight is 345 g/mol. The van der Waals surface area contributed by atoms with Gasteiger partial charge < -0.3 is 10.1 Å². The van der Waals surface area contributed by atoms with Gasteiger partial charge in [0.25, 0.3) is 0 Å². The number of hydrogen-bond donors (Lipinski definition) is 1. The molecule has 22 heavy (non-hydrogen) atoms. The molecule has 1 rings (SSSR count). The Morgan fingerprint density at radius 3 is 1.91 bits per heavy atom. The molecule has 0 atom stereocenters. The van der Waals surface area contributed by atoms with E-state index in [-0.39, 0.29) is 12.7 Å². The van der Waals surface area contributed by atoms with Crippen LogP contribution in [0.5, 0.6) is 0 Å². The zero-order valence-electron chi connectivity index (χ0n) is 10.9. The monoisotopic (exact) mass is 345 g/mol.